The van der Waals surface area contributed by atoms with Gasteiger partial charge in [-0.3, -0.25) is 0 Å². The molecule has 1 fully saturated rings. The van der Waals surface area contributed by atoms with Crippen molar-refractivity contribution in [1.29, 1.82) is 0 Å². The predicted molar refractivity (Wildman–Crippen MR) is 66.4 cm³/mol. The number of nitrogens with one attached hydrogen (secondary N) is 1. The molecule has 1 aromatic carbocycles. The number of rotatable bonds is 3. The second-order valence-electron chi connectivity index (χ2n) is 4.95. The Hall–Kier alpha value is -0.760. The lowest BCUT2D eigenvalue weighted by molar-refractivity contribution is 0.212. The first-order valence-corrected chi connectivity index (χ1v) is 6.15. The van der Waals surface area contributed by atoms with Crippen LogP contribution in [0.1, 0.15) is 26.7 Å². The van der Waals surface area contributed by atoms with Gasteiger partial charge >= 0.3 is 0 Å². The van der Waals surface area contributed by atoms with Gasteiger partial charge in [-0.05, 0) is 42.9 Å². The molecule has 1 nitrogen and oxygen atoms in total. The molecule has 0 amide bonds. The van der Waals surface area contributed by atoms with Crippen molar-refractivity contribution in [3.8, 4) is 0 Å². The molecule has 1 aromatic rings. The molecule has 0 bridgehead atoms. The highest BCUT2D eigenvalue weighted by Gasteiger charge is 2.30. The van der Waals surface area contributed by atoms with Gasteiger partial charge < -0.3 is 5.32 Å². The lowest BCUT2D eigenvalue weighted by atomic mass is 9.73. The van der Waals surface area contributed by atoms with E-state index in [1.165, 1.54) is 18.9 Å². The Morgan fingerprint density at radius 2 is 2.06 bits per heavy atom. The third-order valence-electron chi connectivity index (χ3n) is 3.41. The van der Waals surface area contributed by atoms with Gasteiger partial charge in [0.15, 0.2) is 0 Å². The van der Waals surface area contributed by atoms with E-state index in [9.17, 15) is 4.39 Å². The maximum absolute atomic E-state index is 13.2. The van der Waals surface area contributed by atoms with Gasteiger partial charge in [0.2, 0.25) is 0 Å². The molecular weight excluding hydrogens is 225 g/mol. The molecule has 0 atom stereocenters. The smallest absolute Gasteiger partial charge is 0.143 e. The molecule has 0 spiro atoms. The monoisotopic (exact) mass is 241 g/mol. The fourth-order valence-corrected chi connectivity index (χ4v) is 2.26. The molecule has 0 aromatic heterocycles. The first-order valence-electron chi connectivity index (χ1n) is 5.78. The summed E-state index contributed by atoms with van der Waals surface area (Å²) in [6.07, 6.45) is 2.36. The molecule has 1 saturated carbocycles. The second-order valence-corrected chi connectivity index (χ2v) is 5.35. The molecule has 0 unspecified atom stereocenters. The van der Waals surface area contributed by atoms with E-state index < -0.39 is 0 Å². The average Bonchev–Trinajstić information content (AvgIpc) is 2.15. The van der Waals surface area contributed by atoms with Crippen LogP contribution in [0, 0.1) is 17.7 Å². The average molecular weight is 242 g/mol. The number of halogens is 2. The Labute approximate surface area is 101 Å². The SMILES string of the molecule is CC(C)C1CC(Nc2ccc(Cl)c(F)c2)C1. The minimum atomic E-state index is -0.355. The van der Waals surface area contributed by atoms with E-state index in [1.807, 2.05) is 6.07 Å². The summed E-state index contributed by atoms with van der Waals surface area (Å²) >= 11 is 5.63. The second kappa shape index (κ2) is 4.62. The molecule has 1 N–H and O–H groups in total. The Kier molecular flexibility index (Phi) is 3.38. The van der Waals surface area contributed by atoms with Gasteiger partial charge in [0.25, 0.3) is 0 Å². The van der Waals surface area contributed by atoms with Gasteiger partial charge in [-0.2, -0.15) is 0 Å². The van der Waals surface area contributed by atoms with Crippen molar-refractivity contribution >= 4 is 17.3 Å². The van der Waals surface area contributed by atoms with Gasteiger partial charge in [-0.15, -0.1) is 0 Å². The van der Waals surface area contributed by atoms with Crippen molar-refractivity contribution in [2.24, 2.45) is 11.8 Å². The molecule has 1 aliphatic carbocycles. The summed E-state index contributed by atoms with van der Waals surface area (Å²) < 4.78 is 13.2. The molecular formula is C13H17ClFN. The number of benzene rings is 1. The fraction of sp³-hybridized carbons (Fsp3) is 0.538. The van der Waals surface area contributed by atoms with Crippen LogP contribution in [0.15, 0.2) is 18.2 Å². The summed E-state index contributed by atoms with van der Waals surface area (Å²) in [5, 5.41) is 3.51. The third-order valence-corrected chi connectivity index (χ3v) is 3.71. The standard InChI is InChI=1S/C13H17ClFN/c1-8(2)9-5-11(6-9)16-10-3-4-12(14)13(15)7-10/h3-4,7-9,11,16H,5-6H2,1-2H3. The minimum absolute atomic E-state index is 0.180. The number of hydrogen-bond acceptors (Lipinski definition) is 1. The highest BCUT2D eigenvalue weighted by molar-refractivity contribution is 6.30. The summed E-state index contributed by atoms with van der Waals surface area (Å²) in [6.45, 7) is 4.51. The molecule has 0 aliphatic heterocycles. The zero-order valence-corrected chi connectivity index (χ0v) is 10.4. The van der Waals surface area contributed by atoms with E-state index in [-0.39, 0.29) is 10.8 Å². The molecule has 16 heavy (non-hydrogen) atoms. The summed E-state index contributed by atoms with van der Waals surface area (Å²) in [5.74, 6) is 1.21. The van der Waals surface area contributed by atoms with Crippen LogP contribution >= 0.6 is 11.6 Å². The van der Waals surface area contributed by atoms with Crippen molar-refractivity contribution in [3.05, 3.63) is 29.0 Å². The normalized spacial score (nSPS) is 24.3. The van der Waals surface area contributed by atoms with Crippen LogP contribution in [-0.4, -0.2) is 6.04 Å². The Balaban J connectivity index is 1.89. The van der Waals surface area contributed by atoms with Gasteiger partial charge in [0.05, 0.1) is 5.02 Å². The zero-order chi connectivity index (χ0) is 11.7. The molecule has 88 valence electrons. The van der Waals surface area contributed by atoms with Crippen LogP contribution < -0.4 is 5.32 Å². The Morgan fingerprint density at radius 1 is 1.38 bits per heavy atom. The summed E-state index contributed by atoms with van der Waals surface area (Å²) in [5.41, 5.74) is 0.828. The van der Waals surface area contributed by atoms with E-state index in [4.69, 9.17) is 11.6 Å². The lowest BCUT2D eigenvalue weighted by Crippen LogP contribution is -2.37. The molecule has 0 radical (unpaired) electrons. The first-order chi connectivity index (χ1) is 7.56. The molecule has 1 aliphatic rings. The van der Waals surface area contributed by atoms with E-state index in [2.05, 4.69) is 19.2 Å². The first kappa shape index (κ1) is 11.7. The third kappa shape index (κ3) is 2.49. The maximum atomic E-state index is 13.2. The molecule has 3 heteroatoms. The summed E-state index contributed by atoms with van der Waals surface area (Å²) in [6, 6.07) is 5.38. The zero-order valence-electron chi connectivity index (χ0n) is 9.63. The highest BCUT2D eigenvalue weighted by atomic mass is 35.5. The quantitative estimate of drug-likeness (QED) is 0.831. The van der Waals surface area contributed by atoms with Crippen molar-refractivity contribution in [1.82, 2.24) is 0 Å². The molecule has 0 saturated heterocycles. The van der Waals surface area contributed by atoms with Crippen molar-refractivity contribution < 1.29 is 4.39 Å². The number of hydrogen-bond donors (Lipinski definition) is 1. The van der Waals surface area contributed by atoms with Crippen LogP contribution in [0.5, 0.6) is 0 Å². The maximum Gasteiger partial charge on any atom is 0.143 e. The largest absolute Gasteiger partial charge is 0.382 e. The van der Waals surface area contributed by atoms with Crippen LogP contribution in [0.25, 0.3) is 0 Å². The van der Waals surface area contributed by atoms with Gasteiger partial charge in [-0.1, -0.05) is 25.4 Å². The Bertz CT molecular complexity index is 372. The van der Waals surface area contributed by atoms with E-state index >= 15 is 0 Å². The summed E-state index contributed by atoms with van der Waals surface area (Å²) in [4.78, 5) is 0. The lowest BCUT2D eigenvalue weighted by Gasteiger charge is -2.39. The van der Waals surface area contributed by atoms with E-state index in [0.717, 1.165) is 17.5 Å². The molecule has 0 heterocycles. The minimum Gasteiger partial charge on any atom is -0.382 e. The van der Waals surface area contributed by atoms with Crippen LogP contribution in [0.3, 0.4) is 0 Å². The van der Waals surface area contributed by atoms with Crippen LogP contribution in [-0.2, 0) is 0 Å². The highest BCUT2D eigenvalue weighted by Crippen LogP contribution is 2.35. The van der Waals surface area contributed by atoms with Crippen LogP contribution in [0.2, 0.25) is 5.02 Å². The van der Waals surface area contributed by atoms with Crippen LogP contribution in [0.4, 0.5) is 10.1 Å². The van der Waals surface area contributed by atoms with Gasteiger partial charge in [0, 0.05) is 11.7 Å². The predicted octanol–water partition coefficient (Wildman–Crippen LogP) is 4.33. The summed E-state index contributed by atoms with van der Waals surface area (Å²) in [7, 11) is 0. The van der Waals surface area contributed by atoms with Crippen molar-refractivity contribution in [3.63, 3.8) is 0 Å². The fourth-order valence-electron chi connectivity index (χ4n) is 2.15. The van der Waals surface area contributed by atoms with E-state index in [0.29, 0.717) is 6.04 Å². The van der Waals surface area contributed by atoms with Gasteiger partial charge in [-0.25, -0.2) is 4.39 Å². The Morgan fingerprint density at radius 3 is 2.62 bits per heavy atom. The van der Waals surface area contributed by atoms with Crippen molar-refractivity contribution in [2.45, 2.75) is 32.7 Å². The number of anilines is 1. The van der Waals surface area contributed by atoms with Gasteiger partial charge in [0.1, 0.15) is 5.82 Å². The topological polar surface area (TPSA) is 12.0 Å². The van der Waals surface area contributed by atoms with E-state index in [1.54, 1.807) is 6.07 Å². The molecule has 2 rings (SSSR count). The van der Waals surface area contributed by atoms with Crippen molar-refractivity contribution in [2.75, 3.05) is 5.32 Å².